The minimum atomic E-state index is -0.621. The van der Waals surface area contributed by atoms with Gasteiger partial charge in [0, 0.05) is 12.7 Å². The fraction of sp³-hybridized carbons (Fsp3) is 0.214. The lowest BCUT2D eigenvalue weighted by atomic mass is 10.1. The maximum absolute atomic E-state index is 9.98. The minimum Gasteiger partial charge on any atom is -0.387 e. The van der Waals surface area contributed by atoms with Crippen molar-refractivity contribution in [3.63, 3.8) is 0 Å². The van der Waals surface area contributed by atoms with E-state index in [2.05, 4.69) is 15.3 Å². The van der Waals surface area contributed by atoms with Crippen LogP contribution in [-0.4, -0.2) is 21.6 Å². The zero-order valence-corrected chi connectivity index (χ0v) is 10.3. The molecule has 0 spiro atoms. The number of nitrogens with zero attached hydrogens (tertiary/aromatic N) is 3. The molecule has 0 fully saturated rings. The maximum atomic E-state index is 9.98. The second kappa shape index (κ2) is 6.47. The van der Waals surface area contributed by atoms with Gasteiger partial charge in [-0.1, -0.05) is 30.3 Å². The van der Waals surface area contributed by atoms with Crippen LogP contribution in [0.15, 0.2) is 42.6 Å². The summed E-state index contributed by atoms with van der Waals surface area (Å²) in [6.45, 7) is 0.319. The van der Waals surface area contributed by atoms with Crippen molar-refractivity contribution >= 4 is 5.95 Å². The standard InChI is InChI=1S/C14H14N4O/c15-8-6-12-7-9-16-14(18-12)17-10-13(19)11-4-2-1-3-5-11/h1-5,7,9,13,19H,6,10H2,(H,16,17,18). The lowest BCUT2D eigenvalue weighted by molar-refractivity contribution is 0.191. The molecule has 0 saturated carbocycles. The summed E-state index contributed by atoms with van der Waals surface area (Å²) in [4.78, 5) is 8.22. The molecule has 0 aliphatic carbocycles. The Morgan fingerprint density at radius 3 is 2.79 bits per heavy atom. The first kappa shape index (κ1) is 13.0. The lowest BCUT2D eigenvalue weighted by Crippen LogP contribution is -2.14. The second-order valence-corrected chi connectivity index (χ2v) is 4.01. The molecule has 5 nitrogen and oxygen atoms in total. The van der Waals surface area contributed by atoms with Gasteiger partial charge in [0.1, 0.15) is 0 Å². The molecule has 96 valence electrons. The first-order valence-electron chi connectivity index (χ1n) is 5.95. The number of hydrogen-bond donors (Lipinski definition) is 2. The molecule has 2 N–H and O–H groups in total. The zero-order valence-electron chi connectivity index (χ0n) is 10.3. The van der Waals surface area contributed by atoms with Crippen molar-refractivity contribution in [3.05, 3.63) is 53.9 Å². The van der Waals surface area contributed by atoms with Gasteiger partial charge >= 0.3 is 0 Å². The van der Waals surface area contributed by atoms with E-state index < -0.39 is 6.10 Å². The molecule has 0 radical (unpaired) electrons. The lowest BCUT2D eigenvalue weighted by Gasteiger charge is -2.12. The largest absolute Gasteiger partial charge is 0.387 e. The van der Waals surface area contributed by atoms with E-state index in [0.29, 0.717) is 18.2 Å². The average molecular weight is 254 g/mol. The second-order valence-electron chi connectivity index (χ2n) is 4.01. The van der Waals surface area contributed by atoms with Gasteiger partial charge in [-0.15, -0.1) is 0 Å². The Kier molecular flexibility index (Phi) is 4.43. The average Bonchev–Trinajstić information content (AvgIpc) is 2.46. The summed E-state index contributed by atoms with van der Waals surface area (Å²) in [6.07, 6.45) is 1.22. The summed E-state index contributed by atoms with van der Waals surface area (Å²) in [5, 5.41) is 21.6. The van der Waals surface area contributed by atoms with Gasteiger partial charge in [-0.3, -0.25) is 0 Å². The third kappa shape index (κ3) is 3.76. The van der Waals surface area contributed by atoms with Crippen LogP contribution >= 0.6 is 0 Å². The quantitative estimate of drug-likeness (QED) is 0.848. The van der Waals surface area contributed by atoms with Gasteiger partial charge < -0.3 is 10.4 Å². The summed E-state index contributed by atoms with van der Waals surface area (Å²) < 4.78 is 0. The van der Waals surface area contributed by atoms with Crippen molar-refractivity contribution in [2.24, 2.45) is 0 Å². The minimum absolute atomic E-state index is 0.248. The number of nitriles is 1. The van der Waals surface area contributed by atoms with Crippen LogP contribution < -0.4 is 5.32 Å². The Balaban J connectivity index is 1.95. The number of rotatable bonds is 5. The van der Waals surface area contributed by atoms with Gasteiger partial charge in [-0.25, -0.2) is 9.97 Å². The molecular weight excluding hydrogens is 240 g/mol. The summed E-state index contributed by atoms with van der Waals surface area (Å²) >= 11 is 0. The van der Waals surface area contributed by atoms with Gasteiger partial charge in [0.25, 0.3) is 0 Å². The Morgan fingerprint density at radius 1 is 1.26 bits per heavy atom. The molecule has 1 aromatic heterocycles. The number of aliphatic hydroxyl groups excluding tert-OH is 1. The van der Waals surface area contributed by atoms with Crippen molar-refractivity contribution in [1.29, 1.82) is 5.26 Å². The van der Waals surface area contributed by atoms with Gasteiger partial charge in [-0.05, 0) is 11.6 Å². The molecule has 0 bridgehead atoms. The third-order valence-electron chi connectivity index (χ3n) is 2.61. The van der Waals surface area contributed by atoms with E-state index >= 15 is 0 Å². The zero-order chi connectivity index (χ0) is 13.5. The molecule has 2 aromatic rings. The molecule has 19 heavy (non-hydrogen) atoms. The predicted octanol–water partition coefficient (Wildman–Crippen LogP) is 1.69. The van der Waals surface area contributed by atoms with E-state index in [1.807, 2.05) is 36.4 Å². The van der Waals surface area contributed by atoms with Crippen LogP contribution in [0.5, 0.6) is 0 Å². The molecule has 2 rings (SSSR count). The van der Waals surface area contributed by atoms with Crippen LogP contribution in [0.3, 0.4) is 0 Å². The van der Waals surface area contributed by atoms with E-state index in [4.69, 9.17) is 5.26 Å². The van der Waals surface area contributed by atoms with E-state index in [1.54, 1.807) is 12.3 Å². The molecule has 0 aliphatic heterocycles. The van der Waals surface area contributed by atoms with Crippen LogP contribution in [-0.2, 0) is 6.42 Å². The van der Waals surface area contributed by atoms with Crippen molar-refractivity contribution in [1.82, 2.24) is 9.97 Å². The molecule has 1 unspecified atom stereocenters. The maximum Gasteiger partial charge on any atom is 0.222 e. The van der Waals surface area contributed by atoms with Crippen LogP contribution in [0, 0.1) is 11.3 Å². The molecule has 0 aliphatic rings. The fourth-order valence-electron chi connectivity index (χ4n) is 1.64. The van der Waals surface area contributed by atoms with Crippen LogP contribution in [0.4, 0.5) is 5.95 Å². The number of aromatic nitrogens is 2. The molecule has 1 atom stereocenters. The van der Waals surface area contributed by atoms with E-state index in [-0.39, 0.29) is 6.42 Å². The van der Waals surface area contributed by atoms with Crippen molar-refractivity contribution in [2.75, 3.05) is 11.9 Å². The summed E-state index contributed by atoms with van der Waals surface area (Å²) in [7, 11) is 0. The van der Waals surface area contributed by atoms with E-state index in [1.165, 1.54) is 0 Å². The first-order valence-corrected chi connectivity index (χ1v) is 5.95. The Bertz CT molecular complexity index is 565. The summed E-state index contributed by atoms with van der Waals surface area (Å²) in [5.74, 6) is 0.419. The number of hydrogen-bond acceptors (Lipinski definition) is 5. The molecule has 1 heterocycles. The van der Waals surface area contributed by atoms with Crippen LogP contribution in [0.1, 0.15) is 17.4 Å². The SMILES string of the molecule is N#CCc1ccnc(NCC(O)c2ccccc2)n1. The first-order chi connectivity index (χ1) is 9.29. The Morgan fingerprint density at radius 2 is 2.05 bits per heavy atom. The van der Waals surface area contributed by atoms with Crippen LogP contribution in [0.25, 0.3) is 0 Å². The highest BCUT2D eigenvalue weighted by atomic mass is 16.3. The highest BCUT2D eigenvalue weighted by molar-refractivity contribution is 5.27. The topological polar surface area (TPSA) is 81.8 Å². The molecule has 0 saturated heterocycles. The van der Waals surface area contributed by atoms with Crippen molar-refractivity contribution in [3.8, 4) is 6.07 Å². The van der Waals surface area contributed by atoms with Gasteiger partial charge in [0.15, 0.2) is 0 Å². The summed E-state index contributed by atoms with van der Waals surface area (Å²) in [6, 6.07) is 13.1. The predicted molar refractivity (Wildman–Crippen MR) is 71.2 cm³/mol. The highest BCUT2D eigenvalue weighted by Crippen LogP contribution is 2.12. The fourth-order valence-corrected chi connectivity index (χ4v) is 1.64. The Labute approximate surface area is 111 Å². The van der Waals surface area contributed by atoms with Crippen LogP contribution in [0.2, 0.25) is 0 Å². The van der Waals surface area contributed by atoms with E-state index in [9.17, 15) is 5.11 Å². The monoisotopic (exact) mass is 254 g/mol. The summed E-state index contributed by atoms with van der Waals surface area (Å²) in [5.41, 5.74) is 1.50. The normalized spacial score (nSPS) is 11.6. The smallest absolute Gasteiger partial charge is 0.222 e. The van der Waals surface area contributed by atoms with Gasteiger partial charge in [0.05, 0.1) is 24.3 Å². The number of benzene rings is 1. The number of aliphatic hydroxyl groups is 1. The molecular formula is C14H14N4O. The number of nitrogens with one attached hydrogen (secondary N) is 1. The van der Waals surface area contributed by atoms with Gasteiger partial charge in [-0.2, -0.15) is 5.26 Å². The third-order valence-corrected chi connectivity index (χ3v) is 2.61. The van der Waals surface area contributed by atoms with Gasteiger partial charge in [0.2, 0.25) is 5.95 Å². The molecule has 1 aromatic carbocycles. The Hall–Kier alpha value is -2.45. The van der Waals surface area contributed by atoms with Crippen molar-refractivity contribution < 1.29 is 5.11 Å². The highest BCUT2D eigenvalue weighted by Gasteiger charge is 2.07. The molecule has 0 amide bonds. The van der Waals surface area contributed by atoms with E-state index in [0.717, 1.165) is 5.56 Å². The molecule has 5 heteroatoms. The van der Waals surface area contributed by atoms with Crippen molar-refractivity contribution in [2.45, 2.75) is 12.5 Å². The number of anilines is 1.